The highest BCUT2D eigenvalue weighted by Crippen LogP contribution is 2.23. The molecule has 0 spiro atoms. The van der Waals surface area contributed by atoms with Gasteiger partial charge in [-0.3, -0.25) is 9.59 Å². The Bertz CT molecular complexity index is 516. The van der Waals surface area contributed by atoms with Crippen molar-refractivity contribution in [3.8, 4) is 6.07 Å². The number of rotatable bonds is 3. The Kier molecular flexibility index (Phi) is 3.35. The van der Waals surface area contributed by atoms with Crippen LogP contribution in [0.15, 0.2) is 10.9 Å². The first kappa shape index (κ1) is 11.8. The van der Waals surface area contributed by atoms with E-state index in [4.69, 9.17) is 10.4 Å². The Balaban J connectivity index is 3.46. The number of aromatic nitrogens is 1. The third-order valence-electron chi connectivity index (χ3n) is 1.86. The van der Waals surface area contributed by atoms with E-state index in [2.05, 4.69) is 0 Å². The Morgan fingerprint density at radius 1 is 1.62 bits per heavy atom. The fourth-order valence-corrected chi connectivity index (χ4v) is 1.24. The Morgan fingerprint density at radius 3 is 2.69 bits per heavy atom. The molecule has 0 atom stereocenters. The molecule has 0 fully saturated rings. The quantitative estimate of drug-likeness (QED) is 0.800. The molecular weight excluding hydrogens is 222 g/mol. The minimum atomic E-state index is -3.00. The molecule has 0 amide bonds. The molecule has 0 unspecified atom stereocenters. The summed E-state index contributed by atoms with van der Waals surface area (Å²) in [4.78, 5) is 23.4. The lowest BCUT2D eigenvalue weighted by atomic mass is 10.0. The zero-order valence-electron chi connectivity index (χ0n) is 7.83. The van der Waals surface area contributed by atoms with Crippen molar-refractivity contribution in [1.29, 1.82) is 5.26 Å². The number of nitrogens with zero attached hydrogens (tertiary/aromatic N) is 1. The highest BCUT2D eigenvalue weighted by Gasteiger charge is 2.19. The Morgan fingerprint density at radius 2 is 2.25 bits per heavy atom. The van der Waals surface area contributed by atoms with Crippen LogP contribution in [-0.2, 0) is 11.2 Å². The molecule has 2 N–H and O–H groups in total. The van der Waals surface area contributed by atoms with E-state index < -0.39 is 35.6 Å². The lowest BCUT2D eigenvalue weighted by Crippen LogP contribution is -2.15. The number of nitrogens with one attached hydrogen (secondary N) is 1. The summed E-state index contributed by atoms with van der Waals surface area (Å²) in [6, 6.07) is 2.09. The molecule has 0 aliphatic heterocycles. The van der Waals surface area contributed by atoms with Gasteiger partial charge in [0.2, 0.25) is 5.56 Å². The van der Waals surface area contributed by atoms with Crippen molar-refractivity contribution in [3.05, 3.63) is 33.2 Å². The SMILES string of the molecule is N#Cc1[nH]c(=O)cc(C(F)F)c1CC(=O)O. The smallest absolute Gasteiger partial charge is 0.307 e. The summed E-state index contributed by atoms with van der Waals surface area (Å²) in [6.45, 7) is 0. The lowest BCUT2D eigenvalue weighted by molar-refractivity contribution is -0.136. The average molecular weight is 228 g/mol. The standard InChI is InChI=1S/C9H6F2N2O3/c10-9(11)5-1-7(14)13-6(3-12)4(5)2-8(15)16/h1,9H,2H2,(H,13,14)(H,15,16). The van der Waals surface area contributed by atoms with Crippen LogP contribution in [0.1, 0.15) is 23.2 Å². The van der Waals surface area contributed by atoms with Gasteiger partial charge in [0.15, 0.2) is 0 Å². The molecular formula is C9H6F2N2O3. The average Bonchev–Trinajstić information content (AvgIpc) is 2.19. The minimum absolute atomic E-state index is 0.357. The molecule has 0 aromatic carbocycles. The molecule has 1 rings (SSSR count). The first-order valence-electron chi connectivity index (χ1n) is 4.12. The van der Waals surface area contributed by atoms with E-state index in [9.17, 15) is 18.4 Å². The van der Waals surface area contributed by atoms with Crippen LogP contribution < -0.4 is 5.56 Å². The van der Waals surface area contributed by atoms with Crippen LogP contribution >= 0.6 is 0 Å². The van der Waals surface area contributed by atoms with Crippen molar-refractivity contribution in [2.45, 2.75) is 12.8 Å². The molecule has 1 heterocycles. The minimum Gasteiger partial charge on any atom is -0.481 e. The third-order valence-corrected chi connectivity index (χ3v) is 1.86. The Hall–Kier alpha value is -2.23. The summed E-state index contributed by atoms with van der Waals surface area (Å²) in [5.74, 6) is -1.36. The van der Waals surface area contributed by atoms with Crippen LogP contribution in [0.2, 0.25) is 0 Å². The fraction of sp³-hybridized carbons (Fsp3) is 0.222. The van der Waals surface area contributed by atoms with Crippen molar-refractivity contribution < 1.29 is 18.7 Å². The number of H-pyrrole nitrogens is 1. The number of nitriles is 1. The van der Waals surface area contributed by atoms with Crippen LogP contribution in [0.4, 0.5) is 8.78 Å². The van der Waals surface area contributed by atoms with Gasteiger partial charge in [-0.1, -0.05) is 0 Å². The largest absolute Gasteiger partial charge is 0.481 e. The second-order valence-corrected chi connectivity index (χ2v) is 2.93. The highest BCUT2D eigenvalue weighted by molar-refractivity contribution is 5.71. The van der Waals surface area contributed by atoms with Gasteiger partial charge in [0, 0.05) is 17.2 Å². The first-order valence-corrected chi connectivity index (χ1v) is 4.12. The van der Waals surface area contributed by atoms with Crippen molar-refractivity contribution >= 4 is 5.97 Å². The molecule has 84 valence electrons. The van der Waals surface area contributed by atoms with Gasteiger partial charge in [-0.25, -0.2) is 8.78 Å². The zero-order valence-corrected chi connectivity index (χ0v) is 7.83. The van der Waals surface area contributed by atoms with Gasteiger partial charge in [0.05, 0.1) is 6.42 Å². The van der Waals surface area contributed by atoms with Crippen molar-refractivity contribution in [1.82, 2.24) is 4.98 Å². The van der Waals surface area contributed by atoms with Crippen LogP contribution in [0.25, 0.3) is 0 Å². The molecule has 7 heteroatoms. The van der Waals surface area contributed by atoms with Gasteiger partial charge >= 0.3 is 5.97 Å². The van der Waals surface area contributed by atoms with E-state index in [0.29, 0.717) is 6.07 Å². The summed E-state index contributed by atoms with van der Waals surface area (Å²) >= 11 is 0. The number of alkyl halides is 2. The number of halogens is 2. The number of aromatic amines is 1. The molecule has 0 aliphatic carbocycles. The summed E-state index contributed by atoms with van der Waals surface area (Å²) < 4.78 is 25.0. The van der Waals surface area contributed by atoms with Crippen LogP contribution in [0.5, 0.6) is 0 Å². The van der Waals surface area contributed by atoms with E-state index in [-0.39, 0.29) is 5.56 Å². The second-order valence-electron chi connectivity index (χ2n) is 2.93. The fourth-order valence-electron chi connectivity index (χ4n) is 1.24. The number of hydrogen-bond donors (Lipinski definition) is 2. The summed E-state index contributed by atoms with van der Waals surface area (Å²) in [6.07, 6.45) is -3.73. The number of carboxylic acid groups (broad SMARTS) is 1. The van der Waals surface area contributed by atoms with E-state index in [1.165, 1.54) is 6.07 Å². The topological polar surface area (TPSA) is 94.0 Å². The van der Waals surface area contributed by atoms with Crippen LogP contribution in [0, 0.1) is 11.3 Å². The Labute approximate surface area is 88.0 Å². The first-order chi connectivity index (χ1) is 7.45. The number of carboxylic acids is 1. The van der Waals surface area contributed by atoms with Gasteiger partial charge in [-0.2, -0.15) is 5.26 Å². The lowest BCUT2D eigenvalue weighted by Gasteiger charge is -2.07. The van der Waals surface area contributed by atoms with Gasteiger partial charge in [-0.05, 0) is 0 Å². The molecule has 0 saturated carbocycles. The summed E-state index contributed by atoms with van der Waals surface area (Å²) in [5, 5.41) is 17.1. The third kappa shape index (κ3) is 2.42. The van der Waals surface area contributed by atoms with E-state index in [1.807, 2.05) is 4.98 Å². The predicted molar refractivity (Wildman–Crippen MR) is 48.1 cm³/mol. The highest BCUT2D eigenvalue weighted by atomic mass is 19.3. The van der Waals surface area contributed by atoms with E-state index in [0.717, 1.165) is 0 Å². The van der Waals surface area contributed by atoms with Crippen molar-refractivity contribution in [2.75, 3.05) is 0 Å². The maximum Gasteiger partial charge on any atom is 0.307 e. The number of hydrogen-bond acceptors (Lipinski definition) is 3. The van der Waals surface area contributed by atoms with Gasteiger partial charge in [0.25, 0.3) is 6.43 Å². The monoisotopic (exact) mass is 228 g/mol. The number of carbonyl (C=O) groups is 1. The summed E-state index contributed by atoms with van der Waals surface area (Å²) in [5.41, 5.74) is -2.38. The van der Waals surface area contributed by atoms with Crippen molar-refractivity contribution in [3.63, 3.8) is 0 Å². The maximum atomic E-state index is 12.5. The molecule has 0 aliphatic rings. The predicted octanol–water partition coefficient (Wildman–Crippen LogP) is 0.811. The summed E-state index contributed by atoms with van der Waals surface area (Å²) in [7, 11) is 0. The van der Waals surface area contributed by atoms with Gasteiger partial charge in [0.1, 0.15) is 11.8 Å². The van der Waals surface area contributed by atoms with Crippen molar-refractivity contribution in [2.24, 2.45) is 0 Å². The van der Waals surface area contributed by atoms with Crippen LogP contribution in [-0.4, -0.2) is 16.1 Å². The molecule has 5 nitrogen and oxygen atoms in total. The molecule has 16 heavy (non-hydrogen) atoms. The van der Waals surface area contributed by atoms with Crippen LogP contribution in [0.3, 0.4) is 0 Å². The zero-order chi connectivity index (χ0) is 12.3. The molecule has 1 aromatic heterocycles. The van der Waals surface area contributed by atoms with E-state index >= 15 is 0 Å². The molecule has 0 saturated heterocycles. The normalized spacial score (nSPS) is 10.1. The van der Waals surface area contributed by atoms with Gasteiger partial charge < -0.3 is 10.1 Å². The molecule has 0 radical (unpaired) electrons. The van der Waals surface area contributed by atoms with Gasteiger partial charge in [-0.15, -0.1) is 0 Å². The second kappa shape index (κ2) is 4.53. The maximum absolute atomic E-state index is 12.5. The number of aliphatic carboxylic acids is 1. The number of pyridine rings is 1. The van der Waals surface area contributed by atoms with E-state index in [1.54, 1.807) is 0 Å². The molecule has 0 bridgehead atoms. The molecule has 1 aromatic rings.